The van der Waals surface area contributed by atoms with Crippen molar-refractivity contribution in [1.82, 2.24) is 24.6 Å². The van der Waals surface area contributed by atoms with E-state index in [9.17, 15) is 9.18 Å². The van der Waals surface area contributed by atoms with Gasteiger partial charge in [-0.25, -0.2) is 19.0 Å². The standard InChI is InChI=1S/C22H26FN7O/c23-17-4-6-18(7-5-17)27-10-12-28(13-11-27)20(31)15-30-22-19(14-26-30)21(24-16-25-22)29-8-2-1-3-9-29/h4-7,14,16H,1-3,8-13,15H2. The number of nitrogens with zero attached hydrogens (tertiary/aromatic N) is 7. The van der Waals surface area contributed by atoms with E-state index in [0.717, 1.165) is 43.1 Å². The number of benzene rings is 1. The Morgan fingerprint density at radius 1 is 0.903 bits per heavy atom. The molecule has 3 aromatic rings. The Kier molecular flexibility index (Phi) is 5.40. The Balaban J connectivity index is 1.25. The van der Waals surface area contributed by atoms with Crippen molar-refractivity contribution in [3.05, 3.63) is 42.6 Å². The molecule has 0 spiro atoms. The number of carbonyl (C=O) groups is 1. The average Bonchev–Trinajstić information content (AvgIpc) is 3.23. The van der Waals surface area contributed by atoms with Crippen molar-refractivity contribution >= 4 is 28.4 Å². The normalized spacial score (nSPS) is 17.4. The lowest BCUT2D eigenvalue weighted by atomic mass is 10.1. The van der Waals surface area contributed by atoms with E-state index in [0.29, 0.717) is 18.7 Å². The van der Waals surface area contributed by atoms with Gasteiger partial charge >= 0.3 is 0 Å². The third-order valence-electron chi connectivity index (χ3n) is 6.18. The monoisotopic (exact) mass is 423 g/mol. The van der Waals surface area contributed by atoms with Crippen LogP contribution in [0, 0.1) is 5.82 Å². The molecular formula is C22H26FN7O. The molecule has 2 aromatic heterocycles. The molecule has 2 fully saturated rings. The second-order valence-electron chi connectivity index (χ2n) is 8.13. The van der Waals surface area contributed by atoms with E-state index in [1.807, 2.05) is 4.90 Å². The number of anilines is 2. The highest BCUT2D eigenvalue weighted by atomic mass is 19.1. The zero-order valence-corrected chi connectivity index (χ0v) is 17.5. The minimum absolute atomic E-state index is 0.0295. The fourth-order valence-corrected chi connectivity index (χ4v) is 4.45. The molecule has 162 valence electrons. The van der Waals surface area contributed by atoms with E-state index < -0.39 is 0 Å². The Hall–Kier alpha value is -3.23. The molecule has 0 atom stereocenters. The predicted octanol–water partition coefficient (Wildman–Crippen LogP) is 2.30. The molecule has 2 saturated heterocycles. The highest BCUT2D eigenvalue weighted by Gasteiger charge is 2.23. The third kappa shape index (κ3) is 4.04. The van der Waals surface area contributed by atoms with E-state index in [-0.39, 0.29) is 18.3 Å². The molecule has 5 rings (SSSR count). The van der Waals surface area contributed by atoms with Gasteiger partial charge in [0.15, 0.2) is 5.65 Å². The number of hydrogen-bond acceptors (Lipinski definition) is 6. The number of amides is 1. The zero-order valence-electron chi connectivity index (χ0n) is 17.5. The Morgan fingerprint density at radius 2 is 1.65 bits per heavy atom. The lowest BCUT2D eigenvalue weighted by Crippen LogP contribution is -2.49. The molecule has 2 aliphatic rings. The van der Waals surface area contributed by atoms with E-state index in [1.54, 1.807) is 29.3 Å². The molecule has 0 bridgehead atoms. The summed E-state index contributed by atoms with van der Waals surface area (Å²) in [5, 5.41) is 5.35. The molecule has 0 N–H and O–H groups in total. The Bertz CT molecular complexity index is 1050. The van der Waals surface area contributed by atoms with Crippen molar-refractivity contribution in [3.8, 4) is 0 Å². The number of fused-ring (bicyclic) bond motifs is 1. The van der Waals surface area contributed by atoms with Crippen LogP contribution in [-0.2, 0) is 11.3 Å². The molecule has 4 heterocycles. The number of piperidine rings is 1. The molecule has 0 aliphatic carbocycles. The number of rotatable bonds is 4. The Morgan fingerprint density at radius 3 is 2.39 bits per heavy atom. The maximum Gasteiger partial charge on any atom is 0.244 e. The second kappa shape index (κ2) is 8.49. The van der Waals surface area contributed by atoms with Gasteiger partial charge in [0, 0.05) is 45.0 Å². The number of aromatic nitrogens is 4. The van der Waals surface area contributed by atoms with Crippen LogP contribution >= 0.6 is 0 Å². The molecule has 0 unspecified atom stereocenters. The molecule has 1 aromatic carbocycles. The first-order valence-electron chi connectivity index (χ1n) is 10.9. The van der Waals surface area contributed by atoms with E-state index >= 15 is 0 Å². The minimum Gasteiger partial charge on any atom is -0.368 e. The number of hydrogen-bond donors (Lipinski definition) is 0. The van der Waals surface area contributed by atoms with Crippen molar-refractivity contribution in [2.75, 3.05) is 49.1 Å². The first kappa shape index (κ1) is 19.7. The number of piperazine rings is 1. The van der Waals surface area contributed by atoms with Crippen molar-refractivity contribution in [1.29, 1.82) is 0 Å². The van der Waals surface area contributed by atoms with E-state index in [4.69, 9.17) is 0 Å². The first-order valence-corrected chi connectivity index (χ1v) is 10.9. The van der Waals surface area contributed by atoms with Crippen LogP contribution in [0.3, 0.4) is 0 Å². The van der Waals surface area contributed by atoms with Gasteiger partial charge < -0.3 is 14.7 Å². The van der Waals surface area contributed by atoms with Gasteiger partial charge in [0.1, 0.15) is 24.5 Å². The van der Waals surface area contributed by atoms with Gasteiger partial charge in [0.2, 0.25) is 5.91 Å². The van der Waals surface area contributed by atoms with Crippen LogP contribution in [0.5, 0.6) is 0 Å². The van der Waals surface area contributed by atoms with Crippen molar-refractivity contribution < 1.29 is 9.18 Å². The van der Waals surface area contributed by atoms with Crippen LogP contribution in [0.4, 0.5) is 15.9 Å². The number of carbonyl (C=O) groups excluding carboxylic acids is 1. The Labute approximate surface area is 180 Å². The summed E-state index contributed by atoms with van der Waals surface area (Å²) in [4.78, 5) is 28.1. The minimum atomic E-state index is -0.240. The maximum absolute atomic E-state index is 13.2. The highest BCUT2D eigenvalue weighted by molar-refractivity contribution is 5.88. The maximum atomic E-state index is 13.2. The van der Waals surface area contributed by atoms with E-state index in [1.165, 1.54) is 31.4 Å². The van der Waals surface area contributed by atoms with Crippen LogP contribution in [0.25, 0.3) is 11.0 Å². The molecule has 2 aliphatic heterocycles. The van der Waals surface area contributed by atoms with Crippen molar-refractivity contribution in [3.63, 3.8) is 0 Å². The molecule has 1 amide bonds. The van der Waals surface area contributed by atoms with Crippen LogP contribution in [-0.4, -0.2) is 69.8 Å². The fourth-order valence-electron chi connectivity index (χ4n) is 4.45. The molecule has 0 radical (unpaired) electrons. The number of halogens is 1. The summed E-state index contributed by atoms with van der Waals surface area (Å²) in [6.07, 6.45) is 6.94. The van der Waals surface area contributed by atoms with Gasteiger partial charge in [0.05, 0.1) is 11.6 Å². The van der Waals surface area contributed by atoms with Crippen LogP contribution in [0.1, 0.15) is 19.3 Å². The lowest BCUT2D eigenvalue weighted by molar-refractivity contribution is -0.132. The highest BCUT2D eigenvalue weighted by Crippen LogP contribution is 2.25. The van der Waals surface area contributed by atoms with Crippen LogP contribution < -0.4 is 9.80 Å². The van der Waals surface area contributed by atoms with Crippen LogP contribution in [0.2, 0.25) is 0 Å². The average molecular weight is 423 g/mol. The summed E-state index contributed by atoms with van der Waals surface area (Å²) in [7, 11) is 0. The predicted molar refractivity (Wildman–Crippen MR) is 117 cm³/mol. The summed E-state index contributed by atoms with van der Waals surface area (Å²) in [6, 6.07) is 6.50. The molecule has 9 heteroatoms. The quantitative estimate of drug-likeness (QED) is 0.641. The smallest absolute Gasteiger partial charge is 0.244 e. The van der Waals surface area contributed by atoms with Gasteiger partial charge in [-0.3, -0.25) is 4.79 Å². The van der Waals surface area contributed by atoms with Crippen molar-refractivity contribution in [2.45, 2.75) is 25.8 Å². The van der Waals surface area contributed by atoms with Gasteiger partial charge in [-0.05, 0) is 43.5 Å². The topological polar surface area (TPSA) is 70.4 Å². The fraction of sp³-hybridized carbons (Fsp3) is 0.455. The van der Waals surface area contributed by atoms with Gasteiger partial charge in [-0.15, -0.1) is 0 Å². The zero-order chi connectivity index (χ0) is 21.2. The second-order valence-corrected chi connectivity index (χ2v) is 8.13. The summed E-state index contributed by atoms with van der Waals surface area (Å²) in [5.74, 6) is 0.703. The van der Waals surface area contributed by atoms with Gasteiger partial charge in [-0.2, -0.15) is 5.10 Å². The lowest BCUT2D eigenvalue weighted by Gasteiger charge is -2.36. The third-order valence-corrected chi connectivity index (χ3v) is 6.18. The van der Waals surface area contributed by atoms with Gasteiger partial charge in [0.25, 0.3) is 0 Å². The van der Waals surface area contributed by atoms with Gasteiger partial charge in [-0.1, -0.05) is 0 Å². The molecule has 31 heavy (non-hydrogen) atoms. The summed E-state index contributed by atoms with van der Waals surface area (Å²) in [6.45, 7) is 4.85. The van der Waals surface area contributed by atoms with Crippen molar-refractivity contribution in [2.24, 2.45) is 0 Å². The molecule has 8 nitrogen and oxygen atoms in total. The first-order chi connectivity index (χ1) is 15.2. The summed E-state index contributed by atoms with van der Waals surface area (Å²) in [5.41, 5.74) is 1.68. The van der Waals surface area contributed by atoms with Crippen LogP contribution in [0.15, 0.2) is 36.8 Å². The summed E-state index contributed by atoms with van der Waals surface area (Å²) >= 11 is 0. The molecular weight excluding hydrogens is 397 g/mol. The van der Waals surface area contributed by atoms with E-state index in [2.05, 4.69) is 24.9 Å². The summed E-state index contributed by atoms with van der Waals surface area (Å²) < 4.78 is 14.8. The SMILES string of the molecule is O=C(Cn1ncc2c(N3CCCCC3)ncnc21)N1CCN(c2ccc(F)cc2)CC1. The molecule has 0 saturated carbocycles. The largest absolute Gasteiger partial charge is 0.368 e.